The molecule has 0 aromatic heterocycles. The highest BCUT2D eigenvalue weighted by atomic mass is 32.2. The second-order valence-electron chi connectivity index (χ2n) is 5.05. The predicted octanol–water partition coefficient (Wildman–Crippen LogP) is -0.472. The van der Waals surface area contributed by atoms with E-state index < -0.39 is 10.2 Å². The van der Waals surface area contributed by atoms with Crippen LogP contribution in [0.2, 0.25) is 0 Å². The summed E-state index contributed by atoms with van der Waals surface area (Å²) in [7, 11) is -3.34. The Morgan fingerprint density at radius 1 is 1.22 bits per heavy atom. The van der Waals surface area contributed by atoms with Gasteiger partial charge in [0, 0.05) is 19.6 Å². The summed E-state index contributed by atoms with van der Waals surface area (Å²) in [6.45, 7) is 3.03. The Hall–Kier alpha value is -0.210. The van der Waals surface area contributed by atoms with Crippen molar-refractivity contribution in [2.24, 2.45) is 17.6 Å². The lowest BCUT2D eigenvalue weighted by molar-refractivity contribution is 0.0724. The zero-order chi connectivity index (χ0) is 13.0. The quantitative estimate of drug-likeness (QED) is 0.711. The van der Waals surface area contributed by atoms with Gasteiger partial charge in [0.25, 0.3) is 10.2 Å². The third kappa shape index (κ3) is 3.42. The maximum absolute atomic E-state index is 12.1. The van der Waals surface area contributed by atoms with Crippen molar-refractivity contribution >= 4 is 10.2 Å². The van der Waals surface area contributed by atoms with Gasteiger partial charge in [-0.1, -0.05) is 6.42 Å². The number of nitrogens with zero attached hydrogens (tertiary/aromatic N) is 1. The minimum Gasteiger partial charge on any atom is -0.379 e. The summed E-state index contributed by atoms with van der Waals surface area (Å²) in [5.74, 6) is 0.864. The molecule has 2 atom stereocenters. The maximum Gasteiger partial charge on any atom is 0.279 e. The van der Waals surface area contributed by atoms with Gasteiger partial charge in [0.15, 0.2) is 0 Å². The fraction of sp³-hybridized carbons (Fsp3) is 1.00. The molecule has 1 heterocycles. The van der Waals surface area contributed by atoms with Crippen molar-refractivity contribution in [2.45, 2.75) is 19.3 Å². The lowest BCUT2D eigenvalue weighted by atomic mass is 9.97. The second kappa shape index (κ2) is 6.29. The molecule has 6 nitrogen and oxygen atoms in total. The zero-order valence-corrected chi connectivity index (χ0v) is 11.5. The van der Waals surface area contributed by atoms with E-state index in [4.69, 9.17) is 10.5 Å². The largest absolute Gasteiger partial charge is 0.379 e. The van der Waals surface area contributed by atoms with Gasteiger partial charge in [-0.05, 0) is 31.2 Å². The minimum absolute atomic E-state index is 0.394. The van der Waals surface area contributed by atoms with E-state index in [0.29, 0.717) is 51.2 Å². The first-order chi connectivity index (χ1) is 8.63. The molecule has 1 saturated heterocycles. The molecule has 2 fully saturated rings. The monoisotopic (exact) mass is 277 g/mol. The van der Waals surface area contributed by atoms with Crippen LogP contribution < -0.4 is 10.5 Å². The first-order valence-electron chi connectivity index (χ1n) is 6.66. The van der Waals surface area contributed by atoms with E-state index >= 15 is 0 Å². The summed E-state index contributed by atoms with van der Waals surface area (Å²) < 4.78 is 33.5. The van der Waals surface area contributed by atoms with Crippen molar-refractivity contribution in [3.8, 4) is 0 Å². The molecule has 2 rings (SSSR count). The zero-order valence-electron chi connectivity index (χ0n) is 10.7. The summed E-state index contributed by atoms with van der Waals surface area (Å²) in [5, 5.41) is 0. The molecular weight excluding hydrogens is 254 g/mol. The van der Waals surface area contributed by atoms with Crippen molar-refractivity contribution in [1.29, 1.82) is 0 Å². The molecule has 1 saturated carbocycles. The smallest absolute Gasteiger partial charge is 0.279 e. The van der Waals surface area contributed by atoms with Crippen LogP contribution in [0, 0.1) is 11.8 Å². The fourth-order valence-electron chi connectivity index (χ4n) is 2.78. The molecule has 0 radical (unpaired) electrons. The Balaban J connectivity index is 1.84. The summed E-state index contributed by atoms with van der Waals surface area (Å²) in [6, 6.07) is 0. The molecule has 0 bridgehead atoms. The molecule has 7 heteroatoms. The van der Waals surface area contributed by atoms with Crippen LogP contribution in [0.5, 0.6) is 0 Å². The van der Waals surface area contributed by atoms with Crippen molar-refractivity contribution in [2.75, 3.05) is 39.4 Å². The number of morpholine rings is 1. The van der Waals surface area contributed by atoms with Crippen LogP contribution >= 0.6 is 0 Å². The van der Waals surface area contributed by atoms with E-state index in [1.165, 1.54) is 4.31 Å². The molecular formula is C11H23N3O3S. The Morgan fingerprint density at radius 3 is 2.56 bits per heavy atom. The average Bonchev–Trinajstić information content (AvgIpc) is 2.85. The van der Waals surface area contributed by atoms with E-state index in [1.807, 2.05) is 0 Å². The van der Waals surface area contributed by atoms with Crippen LogP contribution in [0.15, 0.2) is 0 Å². The van der Waals surface area contributed by atoms with Crippen LogP contribution in [-0.4, -0.2) is 52.1 Å². The number of nitrogens with two attached hydrogens (primary N) is 1. The molecule has 0 spiro atoms. The summed E-state index contributed by atoms with van der Waals surface area (Å²) in [6.07, 6.45) is 3.36. The predicted molar refractivity (Wildman–Crippen MR) is 69.2 cm³/mol. The van der Waals surface area contributed by atoms with Crippen LogP contribution in [0.25, 0.3) is 0 Å². The number of rotatable bonds is 5. The fourth-order valence-corrected chi connectivity index (χ4v) is 4.02. The molecule has 2 unspecified atom stereocenters. The summed E-state index contributed by atoms with van der Waals surface area (Å²) in [4.78, 5) is 0. The SMILES string of the molecule is NCC1CCCC1CNS(=O)(=O)N1CCOCC1. The Labute approximate surface area is 109 Å². The lowest BCUT2D eigenvalue weighted by Crippen LogP contribution is -2.48. The molecule has 0 amide bonds. The Bertz CT molecular complexity index is 355. The van der Waals surface area contributed by atoms with Gasteiger partial charge in [-0.3, -0.25) is 0 Å². The summed E-state index contributed by atoms with van der Waals surface area (Å²) >= 11 is 0. The second-order valence-corrected chi connectivity index (χ2v) is 6.81. The molecule has 0 aromatic rings. The van der Waals surface area contributed by atoms with Crippen LogP contribution in [-0.2, 0) is 14.9 Å². The Kier molecular flexibility index (Phi) is 4.97. The molecule has 18 heavy (non-hydrogen) atoms. The van der Waals surface area contributed by atoms with Crippen molar-refractivity contribution in [3.63, 3.8) is 0 Å². The minimum atomic E-state index is -3.34. The molecule has 106 valence electrons. The van der Waals surface area contributed by atoms with E-state index in [0.717, 1.165) is 19.3 Å². The van der Waals surface area contributed by atoms with E-state index in [1.54, 1.807) is 0 Å². The van der Waals surface area contributed by atoms with Crippen molar-refractivity contribution < 1.29 is 13.2 Å². The Morgan fingerprint density at radius 2 is 1.89 bits per heavy atom. The van der Waals surface area contributed by atoms with Gasteiger partial charge in [0.2, 0.25) is 0 Å². The first kappa shape index (κ1) is 14.2. The number of ether oxygens (including phenoxy) is 1. The lowest BCUT2D eigenvalue weighted by Gasteiger charge is -2.27. The maximum atomic E-state index is 12.1. The van der Waals surface area contributed by atoms with E-state index in [2.05, 4.69) is 4.72 Å². The molecule has 1 aliphatic carbocycles. The first-order valence-corrected chi connectivity index (χ1v) is 8.10. The normalized spacial score (nSPS) is 30.7. The van der Waals surface area contributed by atoms with E-state index in [9.17, 15) is 8.42 Å². The topological polar surface area (TPSA) is 84.7 Å². The van der Waals surface area contributed by atoms with Crippen LogP contribution in [0.1, 0.15) is 19.3 Å². The number of hydrogen-bond donors (Lipinski definition) is 2. The van der Waals surface area contributed by atoms with E-state index in [-0.39, 0.29) is 0 Å². The van der Waals surface area contributed by atoms with Gasteiger partial charge < -0.3 is 10.5 Å². The average molecular weight is 277 g/mol. The molecule has 1 aliphatic heterocycles. The third-order valence-electron chi connectivity index (χ3n) is 3.96. The molecule has 0 aromatic carbocycles. The molecule has 3 N–H and O–H groups in total. The van der Waals surface area contributed by atoms with Gasteiger partial charge in [0.1, 0.15) is 0 Å². The standard InChI is InChI=1S/C11H23N3O3S/c12-8-10-2-1-3-11(10)9-13-18(15,16)14-4-6-17-7-5-14/h10-11,13H,1-9,12H2. The number of nitrogens with one attached hydrogen (secondary N) is 1. The van der Waals surface area contributed by atoms with Gasteiger partial charge in [-0.15, -0.1) is 0 Å². The van der Waals surface area contributed by atoms with Crippen molar-refractivity contribution in [1.82, 2.24) is 9.03 Å². The summed E-state index contributed by atoms with van der Waals surface area (Å²) in [5.41, 5.74) is 5.70. The highest BCUT2D eigenvalue weighted by molar-refractivity contribution is 7.87. The third-order valence-corrected chi connectivity index (χ3v) is 5.53. The molecule has 2 aliphatic rings. The van der Waals surface area contributed by atoms with Gasteiger partial charge in [-0.2, -0.15) is 12.7 Å². The van der Waals surface area contributed by atoms with Gasteiger partial charge in [-0.25, -0.2) is 4.72 Å². The van der Waals surface area contributed by atoms with Crippen LogP contribution in [0.3, 0.4) is 0 Å². The number of hydrogen-bond acceptors (Lipinski definition) is 4. The van der Waals surface area contributed by atoms with Crippen LogP contribution in [0.4, 0.5) is 0 Å². The van der Waals surface area contributed by atoms with Crippen molar-refractivity contribution in [3.05, 3.63) is 0 Å². The highest BCUT2D eigenvalue weighted by Crippen LogP contribution is 2.30. The highest BCUT2D eigenvalue weighted by Gasteiger charge is 2.29. The van der Waals surface area contributed by atoms with Gasteiger partial charge >= 0.3 is 0 Å². The van der Waals surface area contributed by atoms with Gasteiger partial charge in [0.05, 0.1) is 13.2 Å².